The normalized spacial score (nSPS) is 15.7. The molecule has 11 heteroatoms. The molecule has 0 aliphatic carbocycles. The van der Waals surface area contributed by atoms with E-state index in [9.17, 15) is 22.8 Å². The van der Waals surface area contributed by atoms with Crippen LogP contribution in [0.4, 0.5) is 13.2 Å². The zero-order chi connectivity index (χ0) is 20.5. The molecule has 1 saturated heterocycles. The second kappa shape index (κ2) is 7.90. The number of hydrogen-bond donors (Lipinski definition) is 2. The van der Waals surface area contributed by atoms with E-state index in [2.05, 4.69) is 15.2 Å². The third-order valence-electron chi connectivity index (χ3n) is 4.60. The molecule has 0 atom stereocenters. The summed E-state index contributed by atoms with van der Waals surface area (Å²) in [5.41, 5.74) is 1.35. The van der Waals surface area contributed by atoms with Gasteiger partial charge in [-0.1, -0.05) is 0 Å². The first-order valence-electron chi connectivity index (χ1n) is 8.77. The second-order valence-electron chi connectivity index (χ2n) is 6.72. The summed E-state index contributed by atoms with van der Waals surface area (Å²) in [4.78, 5) is 31.1. The fraction of sp³-hybridized carbons (Fsp3) is 0.529. The molecule has 2 N–H and O–H groups in total. The lowest BCUT2D eigenvalue weighted by molar-refractivity contribution is -0.123. The zero-order valence-electron chi connectivity index (χ0n) is 15.4. The highest BCUT2D eigenvalue weighted by Crippen LogP contribution is 2.29. The maximum atomic E-state index is 12.7. The van der Waals surface area contributed by atoms with E-state index in [1.54, 1.807) is 10.2 Å². The van der Waals surface area contributed by atoms with Crippen molar-refractivity contribution in [2.24, 2.45) is 0 Å². The standard InChI is InChI=1S/C17H20F3N5O2S/c1-9-14(28-10(2)22-9)16(27)25-5-3-11(4-6-25)12-7-13(24-23-12)15(26)21-8-17(18,19)20/h7,11H,3-6,8H2,1-2H3,(H,21,26)(H,23,24). The molecule has 0 unspecified atom stereocenters. The molecule has 1 aliphatic rings. The van der Waals surface area contributed by atoms with Crippen molar-refractivity contribution in [1.29, 1.82) is 0 Å². The van der Waals surface area contributed by atoms with Gasteiger partial charge in [-0.15, -0.1) is 11.3 Å². The van der Waals surface area contributed by atoms with E-state index in [0.29, 0.717) is 36.5 Å². The van der Waals surface area contributed by atoms with Crippen LogP contribution in [0.1, 0.15) is 55.3 Å². The lowest BCUT2D eigenvalue weighted by Gasteiger charge is -2.31. The van der Waals surface area contributed by atoms with E-state index in [-0.39, 0.29) is 17.5 Å². The molecule has 2 aromatic rings. The number of aromatic amines is 1. The number of thiazole rings is 1. The molecule has 0 aromatic carbocycles. The number of alkyl halides is 3. The lowest BCUT2D eigenvalue weighted by atomic mass is 9.93. The summed E-state index contributed by atoms with van der Waals surface area (Å²) in [6.45, 7) is 3.38. The maximum absolute atomic E-state index is 12.7. The summed E-state index contributed by atoms with van der Waals surface area (Å²) in [5, 5.41) is 9.20. The number of rotatable bonds is 4. The fourth-order valence-corrected chi connectivity index (χ4v) is 4.09. The molecule has 0 radical (unpaired) electrons. The van der Waals surface area contributed by atoms with Crippen molar-refractivity contribution in [3.63, 3.8) is 0 Å². The fourth-order valence-electron chi connectivity index (χ4n) is 3.20. The van der Waals surface area contributed by atoms with Crippen LogP contribution in [-0.2, 0) is 0 Å². The van der Waals surface area contributed by atoms with E-state index in [1.165, 1.54) is 17.4 Å². The van der Waals surface area contributed by atoms with E-state index >= 15 is 0 Å². The zero-order valence-corrected chi connectivity index (χ0v) is 16.2. The quantitative estimate of drug-likeness (QED) is 0.803. The third kappa shape index (κ3) is 4.70. The van der Waals surface area contributed by atoms with E-state index in [4.69, 9.17) is 0 Å². The minimum Gasteiger partial charge on any atom is -0.342 e. The monoisotopic (exact) mass is 415 g/mol. The van der Waals surface area contributed by atoms with Crippen LogP contribution in [0.2, 0.25) is 0 Å². The van der Waals surface area contributed by atoms with E-state index in [1.807, 2.05) is 13.8 Å². The van der Waals surface area contributed by atoms with Gasteiger partial charge in [0.25, 0.3) is 11.8 Å². The second-order valence-corrected chi connectivity index (χ2v) is 7.92. The highest BCUT2D eigenvalue weighted by Gasteiger charge is 2.30. The Morgan fingerprint density at radius 2 is 2.00 bits per heavy atom. The van der Waals surface area contributed by atoms with E-state index in [0.717, 1.165) is 10.7 Å². The smallest absolute Gasteiger partial charge is 0.342 e. The first-order valence-corrected chi connectivity index (χ1v) is 9.59. The van der Waals surface area contributed by atoms with Crippen LogP contribution in [0.5, 0.6) is 0 Å². The Bertz CT molecular complexity index is 869. The van der Waals surface area contributed by atoms with Gasteiger partial charge < -0.3 is 10.2 Å². The number of H-pyrrole nitrogens is 1. The molecule has 0 bridgehead atoms. The van der Waals surface area contributed by atoms with Crippen LogP contribution in [0.3, 0.4) is 0 Å². The summed E-state index contributed by atoms with van der Waals surface area (Å²) in [6.07, 6.45) is -3.12. The van der Waals surface area contributed by atoms with Crippen molar-refractivity contribution in [3.8, 4) is 0 Å². The molecule has 0 spiro atoms. The number of aryl methyl sites for hydroxylation is 2. The van der Waals surface area contributed by atoms with Crippen molar-refractivity contribution in [2.75, 3.05) is 19.6 Å². The molecular weight excluding hydrogens is 395 g/mol. The average molecular weight is 415 g/mol. The number of hydrogen-bond acceptors (Lipinski definition) is 5. The number of carbonyl (C=O) groups is 2. The molecule has 0 saturated carbocycles. The highest BCUT2D eigenvalue weighted by molar-refractivity contribution is 7.13. The average Bonchev–Trinajstić information content (AvgIpc) is 3.25. The maximum Gasteiger partial charge on any atom is 0.405 e. The third-order valence-corrected chi connectivity index (χ3v) is 5.66. The summed E-state index contributed by atoms with van der Waals surface area (Å²) < 4.78 is 36.6. The van der Waals surface area contributed by atoms with Crippen LogP contribution < -0.4 is 5.32 Å². The summed E-state index contributed by atoms with van der Waals surface area (Å²) in [5.74, 6) is -0.841. The van der Waals surface area contributed by atoms with Gasteiger partial charge in [-0.3, -0.25) is 14.7 Å². The van der Waals surface area contributed by atoms with Crippen molar-refractivity contribution in [2.45, 2.75) is 38.8 Å². The molecular formula is C17H20F3N5O2S. The minimum atomic E-state index is -4.47. The van der Waals surface area contributed by atoms with Gasteiger partial charge in [0.1, 0.15) is 17.1 Å². The number of amides is 2. The number of aromatic nitrogens is 3. The number of nitrogens with zero attached hydrogens (tertiary/aromatic N) is 3. The number of piperidine rings is 1. The number of halogens is 3. The van der Waals surface area contributed by atoms with Crippen molar-refractivity contribution < 1.29 is 22.8 Å². The van der Waals surface area contributed by atoms with Crippen LogP contribution in [-0.4, -0.2) is 57.7 Å². The van der Waals surface area contributed by atoms with Crippen molar-refractivity contribution in [3.05, 3.63) is 33.0 Å². The SMILES string of the molecule is Cc1nc(C)c(C(=O)N2CCC(c3cc(C(=O)NCC(F)(F)F)n[nH]3)CC2)s1. The Kier molecular flexibility index (Phi) is 5.73. The Morgan fingerprint density at radius 3 is 2.57 bits per heavy atom. The van der Waals surface area contributed by atoms with Gasteiger partial charge >= 0.3 is 6.18 Å². The van der Waals surface area contributed by atoms with Gasteiger partial charge in [-0.25, -0.2) is 4.98 Å². The van der Waals surface area contributed by atoms with Crippen LogP contribution in [0, 0.1) is 13.8 Å². The molecule has 152 valence electrons. The Hall–Kier alpha value is -2.43. The summed E-state index contributed by atoms with van der Waals surface area (Å²) in [6, 6.07) is 1.48. The predicted molar refractivity (Wildman–Crippen MR) is 96.4 cm³/mol. The summed E-state index contributed by atoms with van der Waals surface area (Å²) >= 11 is 1.38. The number of likely N-dealkylation sites (tertiary alicyclic amines) is 1. The molecule has 1 fully saturated rings. The minimum absolute atomic E-state index is 0.0293. The molecule has 2 aromatic heterocycles. The predicted octanol–water partition coefficient (Wildman–Crippen LogP) is 2.79. The van der Waals surface area contributed by atoms with Crippen LogP contribution >= 0.6 is 11.3 Å². The van der Waals surface area contributed by atoms with Gasteiger partial charge in [-0.05, 0) is 32.8 Å². The Labute approximate surface area is 163 Å². The molecule has 2 amide bonds. The lowest BCUT2D eigenvalue weighted by Crippen LogP contribution is -2.37. The summed E-state index contributed by atoms with van der Waals surface area (Å²) in [7, 11) is 0. The van der Waals surface area contributed by atoms with Gasteiger partial charge in [0.2, 0.25) is 0 Å². The van der Waals surface area contributed by atoms with Gasteiger partial charge in [0, 0.05) is 24.7 Å². The first kappa shape index (κ1) is 20.3. The van der Waals surface area contributed by atoms with Crippen molar-refractivity contribution >= 4 is 23.2 Å². The highest BCUT2D eigenvalue weighted by atomic mass is 32.1. The number of nitrogens with one attached hydrogen (secondary N) is 2. The molecule has 28 heavy (non-hydrogen) atoms. The van der Waals surface area contributed by atoms with Crippen LogP contribution in [0.15, 0.2) is 6.07 Å². The van der Waals surface area contributed by atoms with Gasteiger partial charge in [-0.2, -0.15) is 18.3 Å². The van der Waals surface area contributed by atoms with E-state index < -0.39 is 18.6 Å². The Morgan fingerprint density at radius 1 is 1.32 bits per heavy atom. The topological polar surface area (TPSA) is 91.0 Å². The molecule has 1 aliphatic heterocycles. The van der Waals surface area contributed by atoms with Crippen molar-refractivity contribution in [1.82, 2.24) is 25.4 Å². The van der Waals surface area contributed by atoms with Crippen LogP contribution in [0.25, 0.3) is 0 Å². The van der Waals surface area contributed by atoms with Gasteiger partial charge in [0.15, 0.2) is 0 Å². The molecule has 3 heterocycles. The first-order chi connectivity index (χ1) is 13.1. The number of carbonyl (C=O) groups excluding carboxylic acids is 2. The largest absolute Gasteiger partial charge is 0.405 e. The Balaban J connectivity index is 1.57. The van der Waals surface area contributed by atoms with Gasteiger partial charge in [0.05, 0.1) is 10.7 Å². The molecule has 3 rings (SSSR count). The molecule has 7 nitrogen and oxygen atoms in total.